The van der Waals surface area contributed by atoms with Crippen LogP contribution in [0.3, 0.4) is 0 Å². The number of nitrogens with zero attached hydrogens (tertiary/aromatic N) is 2. The minimum Gasteiger partial charge on any atom is -0.385 e. The molecule has 0 spiro atoms. The van der Waals surface area contributed by atoms with Crippen molar-refractivity contribution < 1.29 is 13.9 Å². The van der Waals surface area contributed by atoms with E-state index in [0.29, 0.717) is 19.7 Å². The van der Waals surface area contributed by atoms with E-state index < -0.39 is 0 Å². The molecule has 0 saturated carbocycles. The second-order valence-electron chi connectivity index (χ2n) is 8.60. The summed E-state index contributed by atoms with van der Waals surface area (Å²) in [5, 5.41) is 4.24. The van der Waals surface area contributed by atoms with E-state index >= 15 is 0 Å². The maximum absolute atomic E-state index is 13.7. The minimum atomic E-state index is -0.205. The van der Waals surface area contributed by atoms with Crippen molar-refractivity contribution in [1.82, 2.24) is 14.8 Å². The number of amides is 1. The summed E-state index contributed by atoms with van der Waals surface area (Å²) in [5.74, 6) is 0.0519. The molecule has 32 heavy (non-hydrogen) atoms. The predicted molar refractivity (Wildman–Crippen MR) is 125 cm³/mol. The van der Waals surface area contributed by atoms with Crippen molar-refractivity contribution in [1.29, 1.82) is 0 Å². The fraction of sp³-hybridized carbons (Fsp3) is 0.423. The first kappa shape index (κ1) is 22.5. The van der Waals surface area contributed by atoms with Crippen molar-refractivity contribution in [3.8, 4) is 0 Å². The zero-order valence-corrected chi connectivity index (χ0v) is 18.7. The lowest BCUT2D eigenvalue weighted by atomic mass is 9.96. The number of methoxy groups -OCH3 is 1. The van der Waals surface area contributed by atoms with Crippen LogP contribution in [0.4, 0.5) is 4.39 Å². The van der Waals surface area contributed by atoms with Gasteiger partial charge in [-0.05, 0) is 67.6 Å². The molecule has 1 aromatic heterocycles. The Morgan fingerprint density at radius 1 is 1.09 bits per heavy atom. The second kappa shape index (κ2) is 10.7. The number of hydrogen-bond acceptors (Lipinski definition) is 3. The lowest BCUT2D eigenvalue weighted by Gasteiger charge is -2.31. The number of carbonyl (C=O) groups excluding carboxylic acids is 1. The van der Waals surface area contributed by atoms with Crippen molar-refractivity contribution in [2.24, 2.45) is 5.92 Å². The van der Waals surface area contributed by atoms with E-state index in [4.69, 9.17) is 4.74 Å². The van der Waals surface area contributed by atoms with E-state index in [-0.39, 0.29) is 17.6 Å². The van der Waals surface area contributed by atoms with Gasteiger partial charge in [0.15, 0.2) is 0 Å². The highest BCUT2D eigenvalue weighted by molar-refractivity contribution is 5.81. The molecule has 0 aliphatic carbocycles. The summed E-state index contributed by atoms with van der Waals surface area (Å²) < 4.78 is 21.1. The number of likely N-dealkylation sites (tertiary alicyclic amines) is 1. The Balaban J connectivity index is 1.41. The molecule has 0 atom stereocenters. The molecule has 1 N–H and O–H groups in total. The number of benzene rings is 2. The van der Waals surface area contributed by atoms with E-state index in [1.165, 1.54) is 17.1 Å². The van der Waals surface area contributed by atoms with Gasteiger partial charge in [-0.3, -0.25) is 9.69 Å². The average molecular weight is 438 g/mol. The molecule has 4 rings (SSSR count). The Bertz CT molecular complexity index is 1040. The number of halogens is 1. The van der Waals surface area contributed by atoms with Gasteiger partial charge < -0.3 is 14.6 Å². The monoisotopic (exact) mass is 437 g/mol. The Morgan fingerprint density at radius 2 is 1.91 bits per heavy atom. The maximum Gasteiger partial charge on any atom is 0.223 e. The normalized spacial score (nSPS) is 15.3. The van der Waals surface area contributed by atoms with Gasteiger partial charge >= 0.3 is 0 Å². The molecule has 2 aromatic carbocycles. The molecule has 6 heteroatoms. The Labute approximate surface area is 189 Å². The van der Waals surface area contributed by atoms with Crippen LogP contribution in [0, 0.1) is 11.7 Å². The first-order valence-electron chi connectivity index (χ1n) is 11.4. The molecule has 1 saturated heterocycles. The second-order valence-corrected chi connectivity index (χ2v) is 8.60. The quantitative estimate of drug-likeness (QED) is 0.511. The van der Waals surface area contributed by atoms with E-state index in [2.05, 4.69) is 39.0 Å². The molecule has 1 aliphatic heterocycles. The summed E-state index contributed by atoms with van der Waals surface area (Å²) in [4.78, 5) is 14.8. The Morgan fingerprint density at radius 3 is 2.69 bits per heavy atom. The number of carbonyl (C=O) groups is 1. The molecule has 170 valence electrons. The minimum absolute atomic E-state index is 0.0898. The van der Waals surface area contributed by atoms with Gasteiger partial charge in [-0.25, -0.2) is 4.39 Å². The number of hydrogen-bond donors (Lipinski definition) is 1. The van der Waals surface area contributed by atoms with Crippen molar-refractivity contribution in [2.45, 2.75) is 32.4 Å². The fourth-order valence-corrected chi connectivity index (χ4v) is 4.56. The standard InChI is InChI=1S/C26H32FN3O2/c1-32-15-5-12-28-26(31)21-10-13-29(14-11-21)19-24-17-22-7-2-3-9-25(22)30(24)18-20-6-4-8-23(27)16-20/h2-4,6-9,16-17,21H,5,10-15,18-19H2,1H3,(H,28,31). The summed E-state index contributed by atoms with van der Waals surface area (Å²) in [7, 11) is 1.68. The van der Waals surface area contributed by atoms with Gasteiger partial charge in [0, 0.05) is 50.5 Å². The number of aromatic nitrogens is 1. The average Bonchev–Trinajstić information content (AvgIpc) is 3.14. The molecule has 1 amide bonds. The third kappa shape index (κ3) is 5.56. The highest BCUT2D eigenvalue weighted by Crippen LogP contribution is 2.25. The zero-order valence-electron chi connectivity index (χ0n) is 18.7. The molecule has 0 unspecified atom stereocenters. The van der Waals surface area contributed by atoms with Gasteiger partial charge in [-0.2, -0.15) is 0 Å². The van der Waals surface area contributed by atoms with Gasteiger partial charge in [0.1, 0.15) is 5.82 Å². The molecule has 1 aliphatic rings. The fourth-order valence-electron chi connectivity index (χ4n) is 4.56. The van der Waals surface area contributed by atoms with Crippen molar-refractivity contribution in [2.75, 3.05) is 33.4 Å². The summed E-state index contributed by atoms with van der Waals surface area (Å²) in [5.41, 5.74) is 3.34. The third-order valence-corrected chi connectivity index (χ3v) is 6.29. The molecule has 0 bridgehead atoms. The van der Waals surface area contributed by atoms with Crippen LogP contribution in [0.5, 0.6) is 0 Å². The maximum atomic E-state index is 13.7. The number of fused-ring (bicyclic) bond motifs is 1. The van der Waals surface area contributed by atoms with Crippen LogP contribution < -0.4 is 5.32 Å². The molecule has 5 nitrogen and oxygen atoms in total. The first-order chi connectivity index (χ1) is 15.6. The summed E-state index contributed by atoms with van der Waals surface area (Å²) in [6, 6.07) is 17.4. The molecule has 3 aromatic rings. The molecule has 0 radical (unpaired) electrons. The van der Waals surface area contributed by atoms with Crippen LogP contribution in [0.2, 0.25) is 0 Å². The van der Waals surface area contributed by atoms with Crippen LogP contribution in [-0.4, -0.2) is 48.7 Å². The number of piperidine rings is 1. The van der Waals surface area contributed by atoms with E-state index in [1.807, 2.05) is 12.1 Å². The number of rotatable bonds is 9. The molecular weight excluding hydrogens is 405 g/mol. The lowest BCUT2D eigenvalue weighted by Crippen LogP contribution is -2.40. The van der Waals surface area contributed by atoms with Crippen LogP contribution in [-0.2, 0) is 22.6 Å². The van der Waals surface area contributed by atoms with Gasteiger partial charge in [0.2, 0.25) is 5.91 Å². The highest BCUT2D eigenvalue weighted by atomic mass is 19.1. The van der Waals surface area contributed by atoms with Crippen LogP contribution in [0.25, 0.3) is 10.9 Å². The topological polar surface area (TPSA) is 46.5 Å². The molecule has 1 fully saturated rings. The number of ether oxygens (including phenoxy) is 1. The van der Waals surface area contributed by atoms with E-state index in [9.17, 15) is 9.18 Å². The number of nitrogens with one attached hydrogen (secondary N) is 1. The zero-order chi connectivity index (χ0) is 22.3. The smallest absolute Gasteiger partial charge is 0.223 e. The summed E-state index contributed by atoms with van der Waals surface area (Å²) >= 11 is 0. The van der Waals surface area contributed by atoms with E-state index in [0.717, 1.165) is 50.0 Å². The summed E-state index contributed by atoms with van der Waals surface area (Å²) in [6.07, 6.45) is 2.59. The van der Waals surface area contributed by atoms with Crippen LogP contribution in [0.15, 0.2) is 54.6 Å². The largest absolute Gasteiger partial charge is 0.385 e. The molecular formula is C26H32FN3O2. The van der Waals surface area contributed by atoms with Gasteiger partial charge in [-0.15, -0.1) is 0 Å². The SMILES string of the molecule is COCCCNC(=O)C1CCN(Cc2cc3ccccc3n2Cc2cccc(F)c2)CC1. The first-order valence-corrected chi connectivity index (χ1v) is 11.4. The Kier molecular flexibility index (Phi) is 7.55. The van der Waals surface area contributed by atoms with Crippen molar-refractivity contribution >= 4 is 16.8 Å². The molecule has 2 heterocycles. The Hall–Kier alpha value is -2.70. The van der Waals surface area contributed by atoms with Crippen molar-refractivity contribution in [3.63, 3.8) is 0 Å². The summed E-state index contributed by atoms with van der Waals surface area (Å²) in [6.45, 7) is 4.61. The highest BCUT2D eigenvalue weighted by Gasteiger charge is 2.25. The number of para-hydroxylation sites is 1. The van der Waals surface area contributed by atoms with E-state index in [1.54, 1.807) is 19.2 Å². The van der Waals surface area contributed by atoms with Gasteiger partial charge in [0.05, 0.1) is 0 Å². The predicted octanol–water partition coefficient (Wildman–Crippen LogP) is 4.19. The third-order valence-electron chi connectivity index (χ3n) is 6.29. The van der Waals surface area contributed by atoms with Gasteiger partial charge in [0.25, 0.3) is 0 Å². The van der Waals surface area contributed by atoms with Gasteiger partial charge in [-0.1, -0.05) is 30.3 Å². The van der Waals surface area contributed by atoms with Crippen molar-refractivity contribution in [3.05, 3.63) is 71.7 Å². The van der Waals surface area contributed by atoms with Crippen LogP contribution in [0.1, 0.15) is 30.5 Å². The van der Waals surface area contributed by atoms with Crippen LogP contribution >= 0.6 is 0 Å². The lowest BCUT2D eigenvalue weighted by molar-refractivity contribution is -0.126.